The Kier molecular flexibility index (Phi) is 5.50. The van der Waals surface area contributed by atoms with E-state index in [-0.39, 0.29) is 25.0 Å². The van der Waals surface area contributed by atoms with Crippen LogP contribution >= 0.6 is 11.3 Å². The summed E-state index contributed by atoms with van der Waals surface area (Å²) < 4.78 is 5.14. The number of ether oxygens (including phenoxy) is 1. The van der Waals surface area contributed by atoms with Crippen molar-refractivity contribution in [3.05, 3.63) is 10.6 Å². The fraction of sp³-hybridized carbons (Fsp3) is 0.615. The van der Waals surface area contributed by atoms with Crippen molar-refractivity contribution in [3.63, 3.8) is 0 Å². The third-order valence-corrected chi connectivity index (χ3v) is 3.27. The molecule has 0 aliphatic rings. The lowest BCUT2D eigenvalue weighted by atomic mass is 10.2. The molecular weight excluding hydrogens is 278 g/mol. The average molecular weight is 299 g/mol. The van der Waals surface area contributed by atoms with Crippen LogP contribution in [-0.2, 0) is 9.53 Å². The molecule has 2 N–H and O–H groups in total. The van der Waals surface area contributed by atoms with E-state index in [4.69, 9.17) is 4.74 Å². The minimum atomic E-state index is -0.505. The standard InChI is InChI=1S/C13H21N3O3S/c1-8-9(2)20-12(15-8)16-11(18)14-7-6-10(17)19-13(3,4)5/h6-7H2,1-5H3,(H2,14,15,16,18). The molecule has 6 nitrogen and oxygen atoms in total. The van der Waals surface area contributed by atoms with E-state index in [1.807, 2.05) is 13.8 Å². The van der Waals surface area contributed by atoms with Crippen molar-refractivity contribution in [3.8, 4) is 0 Å². The number of thiazole rings is 1. The number of aromatic nitrogens is 1. The van der Waals surface area contributed by atoms with E-state index in [0.29, 0.717) is 5.13 Å². The lowest BCUT2D eigenvalue weighted by molar-refractivity contribution is -0.154. The molecule has 2 amide bonds. The van der Waals surface area contributed by atoms with Crippen molar-refractivity contribution >= 4 is 28.5 Å². The Balaban J connectivity index is 2.28. The van der Waals surface area contributed by atoms with Crippen LogP contribution in [0.4, 0.5) is 9.93 Å². The Bertz CT molecular complexity index is 472. The zero-order chi connectivity index (χ0) is 15.3. The number of aryl methyl sites for hydroxylation is 2. The molecule has 7 heteroatoms. The number of nitrogens with one attached hydrogen (secondary N) is 2. The average Bonchev–Trinajstić information content (AvgIpc) is 2.54. The molecule has 0 aliphatic heterocycles. The van der Waals surface area contributed by atoms with Crippen molar-refractivity contribution in [1.82, 2.24) is 10.3 Å². The first-order valence-corrected chi connectivity index (χ1v) is 7.20. The first-order chi connectivity index (χ1) is 9.17. The highest BCUT2D eigenvalue weighted by Gasteiger charge is 2.16. The van der Waals surface area contributed by atoms with Gasteiger partial charge in [0.15, 0.2) is 5.13 Å². The van der Waals surface area contributed by atoms with E-state index >= 15 is 0 Å². The lowest BCUT2D eigenvalue weighted by Crippen LogP contribution is -2.32. The van der Waals surface area contributed by atoms with Gasteiger partial charge < -0.3 is 10.1 Å². The molecule has 0 spiro atoms. The Labute approximate surface area is 122 Å². The first-order valence-electron chi connectivity index (χ1n) is 6.38. The maximum atomic E-state index is 11.6. The fourth-order valence-electron chi connectivity index (χ4n) is 1.34. The zero-order valence-electron chi connectivity index (χ0n) is 12.5. The summed E-state index contributed by atoms with van der Waals surface area (Å²) >= 11 is 1.42. The molecule has 0 unspecified atom stereocenters. The summed E-state index contributed by atoms with van der Waals surface area (Å²) in [5.74, 6) is -0.335. The molecule has 1 aromatic rings. The van der Waals surface area contributed by atoms with Gasteiger partial charge in [-0.3, -0.25) is 10.1 Å². The Morgan fingerprint density at radius 3 is 2.45 bits per heavy atom. The van der Waals surface area contributed by atoms with Crippen LogP contribution < -0.4 is 10.6 Å². The molecule has 1 heterocycles. The molecule has 0 aliphatic carbocycles. The highest BCUT2D eigenvalue weighted by molar-refractivity contribution is 7.15. The summed E-state index contributed by atoms with van der Waals surface area (Å²) in [6, 6.07) is -0.373. The van der Waals surface area contributed by atoms with Crippen LogP contribution in [0.3, 0.4) is 0 Å². The summed E-state index contributed by atoms with van der Waals surface area (Å²) in [6.07, 6.45) is 0.139. The van der Waals surface area contributed by atoms with Crippen molar-refractivity contribution in [1.29, 1.82) is 0 Å². The van der Waals surface area contributed by atoms with Crippen LogP contribution in [0.25, 0.3) is 0 Å². The Morgan fingerprint density at radius 2 is 1.95 bits per heavy atom. The van der Waals surface area contributed by atoms with Crippen LogP contribution in [0.2, 0.25) is 0 Å². The molecule has 0 saturated carbocycles. The highest BCUT2D eigenvalue weighted by Crippen LogP contribution is 2.20. The minimum Gasteiger partial charge on any atom is -0.460 e. The molecule has 0 bridgehead atoms. The molecular formula is C13H21N3O3S. The first kappa shape index (κ1) is 16.4. The number of anilines is 1. The van der Waals surface area contributed by atoms with E-state index in [9.17, 15) is 9.59 Å². The van der Waals surface area contributed by atoms with Gasteiger partial charge in [0.05, 0.1) is 12.1 Å². The Hall–Kier alpha value is -1.63. The predicted molar refractivity (Wildman–Crippen MR) is 79.1 cm³/mol. The van der Waals surface area contributed by atoms with Crippen molar-refractivity contribution in [2.75, 3.05) is 11.9 Å². The largest absolute Gasteiger partial charge is 0.460 e. The van der Waals surface area contributed by atoms with Crippen molar-refractivity contribution in [2.45, 2.75) is 46.6 Å². The van der Waals surface area contributed by atoms with Gasteiger partial charge in [-0.15, -0.1) is 11.3 Å². The third-order valence-electron chi connectivity index (χ3n) is 2.28. The maximum absolute atomic E-state index is 11.6. The summed E-state index contributed by atoms with van der Waals surface area (Å²) in [7, 11) is 0. The summed E-state index contributed by atoms with van der Waals surface area (Å²) in [5.41, 5.74) is 0.397. The SMILES string of the molecule is Cc1nc(NC(=O)NCCC(=O)OC(C)(C)C)sc1C. The van der Waals surface area contributed by atoms with Gasteiger partial charge in [0.2, 0.25) is 0 Å². The quantitative estimate of drug-likeness (QED) is 0.837. The maximum Gasteiger partial charge on any atom is 0.321 e. The zero-order valence-corrected chi connectivity index (χ0v) is 13.3. The van der Waals surface area contributed by atoms with E-state index in [1.165, 1.54) is 11.3 Å². The second-order valence-corrected chi connectivity index (χ2v) is 6.58. The molecule has 0 fully saturated rings. The monoisotopic (exact) mass is 299 g/mol. The van der Waals surface area contributed by atoms with Gasteiger partial charge in [0.25, 0.3) is 0 Å². The molecule has 112 valence electrons. The molecule has 1 rings (SSSR count). The number of nitrogens with zero attached hydrogens (tertiary/aromatic N) is 1. The van der Waals surface area contributed by atoms with Gasteiger partial charge in [-0.25, -0.2) is 9.78 Å². The fourth-order valence-corrected chi connectivity index (χ4v) is 2.15. The smallest absolute Gasteiger partial charge is 0.321 e. The minimum absolute atomic E-state index is 0.139. The van der Waals surface area contributed by atoms with Crippen molar-refractivity contribution < 1.29 is 14.3 Å². The number of carbonyl (C=O) groups excluding carboxylic acids is 2. The lowest BCUT2D eigenvalue weighted by Gasteiger charge is -2.19. The number of rotatable bonds is 4. The number of amides is 2. The molecule has 0 radical (unpaired) electrons. The highest BCUT2D eigenvalue weighted by atomic mass is 32.1. The van der Waals surface area contributed by atoms with Gasteiger partial charge in [-0.2, -0.15) is 0 Å². The van der Waals surface area contributed by atoms with Gasteiger partial charge in [0.1, 0.15) is 5.60 Å². The van der Waals surface area contributed by atoms with Gasteiger partial charge >= 0.3 is 12.0 Å². The molecule has 0 saturated heterocycles. The molecule has 0 aromatic carbocycles. The topological polar surface area (TPSA) is 80.3 Å². The number of esters is 1. The summed E-state index contributed by atoms with van der Waals surface area (Å²) in [5, 5.41) is 5.77. The second-order valence-electron chi connectivity index (χ2n) is 5.38. The third kappa shape index (κ3) is 6.01. The Morgan fingerprint density at radius 1 is 1.30 bits per heavy atom. The van der Waals surface area contributed by atoms with Crippen LogP contribution in [-0.4, -0.2) is 29.1 Å². The van der Waals surface area contributed by atoms with Gasteiger partial charge in [-0.1, -0.05) is 0 Å². The number of hydrogen-bond acceptors (Lipinski definition) is 5. The van der Waals surface area contributed by atoms with Crippen LogP contribution in [0.15, 0.2) is 0 Å². The summed E-state index contributed by atoms with van der Waals surface area (Å²) in [6.45, 7) is 9.47. The second kappa shape index (κ2) is 6.69. The van der Waals surface area contributed by atoms with E-state index in [2.05, 4.69) is 15.6 Å². The van der Waals surface area contributed by atoms with Crippen LogP contribution in [0.5, 0.6) is 0 Å². The predicted octanol–water partition coefficient (Wildman–Crippen LogP) is 2.61. The van der Waals surface area contributed by atoms with Crippen LogP contribution in [0.1, 0.15) is 37.8 Å². The van der Waals surface area contributed by atoms with E-state index in [1.54, 1.807) is 20.8 Å². The number of urea groups is 1. The molecule has 0 atom stereocenters. The van der Waals surface area contributed by atoms with E-state index in [0.717, 1.165) is 10.6 Å². The number of carbonyl (C=O) groups is 2. The van der Waals surface area contributed by atoms with E-state index < -0.39 is 5.60 Å². The number of hydrogen-bond donors (Lipinski definition) is 2. The van der Waals surface area contributed by atoms with Crippen LogP contribution in [0, 0.1) is 13.8 Å². The molecule has 1 aromatic heterocycles. The van der Waals surface area contributed by atoms with Gasteiger partial charge in [0, 0.05) is 11.4 Å². The van der Waals surface area contributed by atoms with Crippen molar-refractivity contribution in [2.24, 2.45) is 0 Å². The normalized spacial score (nSPS) is 11.1. The van der Waals surface area contributed by atoms with Gasteiger partial charge in [-0.05, 0) is 34.6 Å². The summed E-state index contributed by atoms with van der Waals surface area (Å²) in [4.78, 5) is 28.3. The molecule has 20 heavy (non-hydrogen) atoms.